The quantitative estimate of drug-likeness (QED) is 0.813. The molecule has 90 valence electrons. The van der Waals surface area contributed by atoms with Gasteiger partial charge in [-0.25, -0.2) is 0 Å². The van der Waals surface area contributed by atoms with Gasteiger partial charge in [0.1, 0.15) is 0 Å². The Morgan fingerprint density at radius 3 is 2.82 bits per heavy atom. The van der Waals surface area contributed by atoms with E-state index in [1.165, 1.54) is 0 Å². The fraction of sp³-hybridized carbons (Fsp3) is 0.364. The fourth-order valence-corrected chi connectivity index (χ4v) is 2.37. The van der Waals surface area contributed by atoms with Crippen LogP contribution in [0.25, 0.3) is 5.69 Å². The van der Waals surface area contributed by atoms with Crippen LogP contribution in [0.4, 0.5) is 0 Å². The van der Waals surface area contributed by atoms with Gasteiger partial charge < -0.3 is 5.73 Å². The molecule has 0 bridgehead atoms. The molecule has 17 heavy (non-hydrogen) atoms. The summed E-state index contributed by atoms with van der Waals surface area (Å²) in [5.41, 5.74) is 6.68. The normalized spacial score (nSPS) is 12.6. The standard InChI is InChI=1S/C11H15N5S/c1-9(12)7-8-17-11-13-14-15-16(11)10-5-3-2-4-6-10/h2-6,9H,7-8,12H2,1H3. The lowest BCUT2D eigenvalue weighted by molar-refractivity contribution is 0.717. The fourth-order valence-electron chi connectivity index (χ4n) is 1.34. The summed E-state index contributed by atoms with van der Waals surface area (Å²) in [6.07, 6.45) is 0.951. The molecular weight excluding hydrogens is 234 g/mol. The number of thioether (sulfide) groups is 1. The first-order valence-corrected chi connectivity index (χ1v) is 6.48. The highest BCUT2D eigenvalue weighted by Gasteiger charge is 2.08. The van der Waals surface area contributed by atoms with Gasteiger partial charge in [-0.1, -0.05) is 30.0 Å². The minimum Gasteiger partial charge on any atom is -0.328 e. The van der Waals surface area contributed by atoms with Gasteiger partial charge in [0, 0.05) is 11.8 Å². The summed E-state index contributed by atoms with van der Waals surface area (Å²) in [5, 5.41) is 12.5. The number of hydrogen-bond acceptors (Lipinski definition) is 5. The van der Waals surface area contributed by atoms with E-state index in [4.69, 9.17) is 5.73 Å². The van der Waals surface area contributed by atoms with Crippen molar-refractivity contribution in [1.29, 1.82) is 0 Å². The van der Waals surface area contributed by atoms with Crippen molar-refractivity contribution in [2.45, 2.75) is 24.5 Å². The highest BCUT2D eigenvalue weighted by Crippen LogP contribution is 2.18. The smallest absolute Gasteiger partial charge is 0.214 e. The van der Waals surface area contributed by atoms with Crippen LogP contribution in [0, 0.1) is 0 Å². The molecule has 1 atom stereocenters. The lowest BCUT2D eigenvalue weighted by atomic mass is 10.3. The second-order valence-electron chi connectivity index (χ2n) is 3.82. The van der Waals surface area contributed by atoms with Gasteiger partial charge in [-0.05, 0) is 35.9 Å². The number of tetrazole rings is 1. The molecular formula is C11H15N5S. The Kier molecular flexibility index (Phi) is 4.11. The summed E-state index contributed by atoms with van der Waals surface area (Å²) >= 11 is 1.62. The number of benzene rings is 1. The zero-order valence-corrected chi connectivity index (χ0v) is 10.5. The van der Waals surface area contributed by atoms with Gasteiger partial charge in [0.2, 0.25) is 5.16 Å². The van der Waals surface area contributed by atoms with Crippen molar-refractivity contribution >= 4 is 11.8 Å². The third-order valence-corrected chi connectivity index (χ3v) is 3.20. The van der Waals surface area contributed by atoms with Gasteiger partial charge in [-0.15, -0.1) is 5.10 Å². The van der Waals surface area contributed by atoms with Crippen molar-refractivity contribution < 1.29 is 0 Å². The lowest BCUT2D eigenvalue weighted by Crippen LogP contribution is -2.15. The molecule has 2 N–H and O–H groups in total. The molecule has 2 aromatic rings. The topological polar surface area (TPSA) is 69.6 Å². The molecule has 1 unspecified atom stereocenters. The Morgan fingerprint density at radius 1 is 1.35 bits per heavy atom. The van der Waals surface area contributed by atoms with Crippen molar-refractivity contribution in [1.82, 2.24) is 20.2 Å². The third kappa shape index (κ3) is 3.28. The highest BCUT2D eigenvalue weighted by atomic mass is 32.2. The van der Waals surface area contributed by atoms with E-state index >= 15 is 0 Å². The SMILES string of the molecule is CC(N)CCSc1nnnn1-c1ccccc1. The van der Waals surface area contributed by atoms with Gasteiger partial charge in [0.05, 0.1) is 5.69 Å². The maximum absolute atomic E-state index is 5.71. The third-order valence-electron chi connectivity index (χ3n) is 2.25. The summed E-state index contributed by atoms with van der Waals surface area (Å²) in [7, 11) is 0. The monoisotopic (exact) mass is 249 g/mol. The largest absolute Gasteiger partial charge is 0.328 e. The highest BCUT2D eigenvalue weighted by molar-refractivity contribution is 7.99. The van der Waals surface area contributed by atoms with Gasteiger partial charge in [0.15, 0.2) is 0 Å². The van der Waals surface area contributed by atoms with Crippen LogP contribution in [0.1, 0.15) is 13.3 Å². The zero-order valence-electron chi connectivity index (χ0n) is 9.65. The summed E-state index contributed by atoms with van der Waals surface area (Å²) in [4.78, 5) is 0. The number of nitrogens with two attached hydrogens (primary N) is 1. The van der Waals surface area contributed by atoms with E-state index in [0.717, 1.165) is 23.0 Å². The number of hydrogen-bond donors (Lipinski definition) is 1. The average Bonchev–Trinajstić information content (AvgIpc) is 2.78. The summed E-state index contributed by atoms with van der Waals surface area (Å²) in [6.45, 7) is 2.00. The number of nitrogens with zero attached hydrogens (tertiary/aromatic N) is 4. The Labute approximate surface area is 104 Å². The van der Waals surface area contributed by atoms with Crippen LogP contribution in [0.5, 0.6) is 0 Å². The lowest BCUT2D eigenvalue weighted by Gasteiger charge is -2.05. The molecule has 0 amide bonds. The van der Waals surface area contributed by atoms with Crippen LogP contribution in [-0.2, 0) is 0 Å². The van der Waals surface area contributed by atoms with Gasteiger partial charge in [-0.2, -0.15) is 4.68 Å². The molecule has 0 aliphatic heterocycles. The van der Waals surface area contributed by atoms with E-state index in [0.29, 0.717) is 0 Å². The molecule has 0 radical (unpaired) electrons. The molecule has 0 saturated heterocycles. The summed E-state index contributed by atoms with van der Waals surface area (Å²) < 4.78 is 1.74. The second kappa shape index (κ2) is 5.79. The first kappa shape index (κ1) is 12.1. The van der Waals surface area contributed by atoms with E-state index in [-0.39, 0.29) is 6.04 Å². The van der Waals surface area contributed by atoms with Crippen molar-refractivity contribution in [3.8, 4) is 5.69 Å². The van der Waals surface area contributed by atoms with Crippen LogP contribution >= 0.6 is 11.8 Å². The van der Waals surface area contributed by atoms with E-state index < -0.39 is 0 Å². The molecule has 5 nitrogen and oxygen atoms in total. The van der Waals surface area contributed by atoms with Crippen LogP contribution in [0.2, 0.25) is 0 Å². The number of para-hydroxylation sites is 1. The minimum absolute atomic E-state index is 0.212. The molecule has 1 aromatic heterocycles. The van der Waals surface area contributed by atoms with Gasteiger partial charge >= 0.3 is 0 Å². The second-order valence-corrected chi connectivity index (χ2v) is 4.89. The van der Waals surface area contributed by atoms with Gasteiger partial charge in [-0.3, -0.25) is 0 Å². The van der Waals surface area contributed by atoms with Crippen LogP contribution in [0.3, 0.4) is 0 Å². The first-order chi connectivity index (χ1) is 8.27. The molecule has 0 fully saturated rings. The van der Waals surface area contributed by atoms with E-state index in [2.05, 4.69) is 15.5 Å². The number of aromatic nitrogens is 4. The zero-order chi connectivity index (χ0) is 12.1. The molecule has 0 spiro atoms. The average molecular weight is 249 g/mol. The molecule has 1 heterocycles. The van der Waals surface area contributed by atoms with E-state index in [9.17, 15) is 0 Å². The Balaban J connectivity index is 2.07. The molecule has 0 saturated carbocycles. The van der Waals surface area contributed by atoms with Gasteiger partial charge in [0.25, 0.3) is 0 Å². The molecule has 0 aliphatic rings. The van der Waals surface area contributed by atoms with Crippen molar-refractivity contribution in [2.75, 3.05) is 5.75 Å². The van der Waals surface area contributed by atoms with Crippen LogP contribution < -0.4 is 5.73 Å². The first-order valence-electron chi connectivity index (χ1n) is 5.49. The predicted octanol–water partition coefficient (Wildman–Crippen LogP) is 1.49. The summed E-state index contributed by atoms with van der Waals surface area (Å²) in [6, 6.07) is 10.1. The number of rotatable bonds is 5. The maximum atomic E-state index is 5.71. The molecule has 0 aliphatic carbocycles. The molecule has 1 aromatic carbocycles. The van der Waals surface area contributed by atoms with Crippen LogP contribution in [0.15, 0.2) is 35.5 Å². The Bertz CT molecular complexity index is 454. The van der Waals surface area contributed by atoms with E-state index in [1.807, 2.05) is 37.3 Å². The van der Waals surface area contributed by atoms with E-state index in [1.54, 1.807) is 16.4 Å². The maximum Gasteiger partial charge on any atom is 0.214 e. The van der Waals surface area contributed by atoms with Crippen molar-refractivity contribution in [3.63, 3.8) is 0 Å². The Morgan fingerprint density at radius 2 is 2.12 bits per heavy atom. The van der Waals surface area contributed by atoms with Crippen molar-refractivity contribution in [2.24, 2.45) is 5.73 Å². The Hall–Kier alpha value is -1.40. The van der Waals surface area contributed by atoms with Crippen LogP contribution in [-0.4, -0.2) is 32.0 Å². The molecule has 6 heteroatoms. The summed E-state index contributed by atoms with van der Waals surface area (Å²) in [5.74, 6) is 0.922. The minimum atomic E-state index is 0.212. The molecule has 2 rings (SSSR count). The van der Waals surface area contributed by atoms with Crippen molar-refractivity contribution in [3.05, 3.63) is 30.3 Å². The predicted molar refractivity (Wildman–Crippen MR) is 68.1 cm³/mol.